The molecule has 0 fully saturated rings. The maximum Gasteiger partial charge on any atom is 0.247 e. The fraction of sp³-hybridized carbons (Fsp3) is 0.333. The number of hydrogen-bond acceptors (Lipinski definition) is 4. The Labute approximate surface area is 230 Å². The van der Waals surface area contributed by atoms with Crippen LogP contribution in [0, 0.1) is 5.82 Å². The van der Waals surface area contributed by atoms with Crippen molar-refractivity contribution in [2.45, 2.75) is 45.3 Å². The van der Waals surface area contributed by atoms with Gasteiger partial charge in [-0.05, 0) is 35.2 Å². The van der Waals surface area contributed by atoms with Gasteiger partial charge in [0.25, 0.3) is 0 Å². The van der Waals surface area contributed by atoms with Crippen molar-refractivity contribution in [2.24, 2.45) is 0 Å². The van der Waals surface area contributed by atoms with Crippen LogP contribution in [-0.2, 0) is 32.7 Å². The zero-order valence-electron chi connectivity index (χ0n) is 22.4. The van der Waals surface area contributed by atoms with E-state index in [9.17, 15) is 22.4 Å². The first kappa shape index (κ1) is 30.0. The van der Waals surface area contributed by atoms with Gasteiger partial charge in [0.05, 0.1) is 12.8 Å². The summed E-state index contributed by atoms with van der Waals surface area (Å²) in [6.07, 6.45) is 3.81. The highest BCUT2D eigenvalue weighted by Gasteiger charge is 2.33. The lowest BCUT2D eigenvalue weighted by molar-refractivity contribution is -0.141. The van der Waals surface area contributed by atoms with Gasteiger partial charge in [0.1, 0.15) is 11.9 Å². The third-order valence-corrected chi connectivity index (χ3v) is 7.52. The zero-order chi connectivity index (χ0) is 28.3. The van der Waals surface area contributed by atoms with Crippen molar-refractivity contribution in [1.82, 2.24) is 14.5 Å². The molecule has 0 aliphatic rings. The minimum atomic E-state index is -3.77. The highest BCUT2D eigenvalue weighted by molar-refractivity contribution is 7.88. The van der Waals surface area contributed by atoms with E-state index in [1.165, 1.54) is 17.0 Å². The Morgan fingerprint density at radius 2 is 1.44 bits per heavy atom. The average molecular weight is 554 g/mol. The van der Waals surface area contributed by atoms with Crippen LogP contribution < -0.4 is 5.32 Å². The van der Waals surface area contributed by atoms with Gasteiger partial charge in [0, 0.05) is 19.6 Å². The van der Waals surface area contributed by atoms with Crippen LogP contribution in [0.3, 0.4) is 0 Å². The predicted molar refractivity (Wildman–Crippen MR) is 150 cm³/mol. The highest BCUT2D eigenvalue weighted by Crippen LogP contribution is 2.25. The fourth-order valence-electron chi connectivity index (χ4n) is 4.22. The summed E-state index contributed by atoms with van der Waals surface area (Å²) in [4.78, 5) is 28.9. The number of halogens is 1. The molecule has 1 N–H and O–H groups in total. The second-order valence-corrected chi connectivity index (χ2v) is 11.5. The van der Waals surface area contributed by atoms with Crippen LogP contribution in [0.4, 0.5) is 4.39 Å². The smallest absolute Gasteiger partial charge is 0.247 e. The minimum absolute atomic E-state index is 0.00895. The normalized spacial score (nSPS) is 12.2. The molecule has 39 heavy (non-hydrogen) atoms. The number of benzene rings is 3. The molecule has 9 heteroatoms. The first-order valence-corrected chi connectivity index (χ1v) is 14.9. The standard InChI is InChI=1S/C30H36FN3O4S/c1-3-4-11-20-32-30(36)29(26-14-9-6-10-15-26)34(22-25-16-18-27(31)19-17-25)28(35)23-33(39(2,37)38)21-24-12-7-5-8-13-24/h5-10,12-19,29H,3-4,11,20-23H2,1-2H3,(H,32,36). The van der Waals surface area contributed by atoms with Crippen LogP contribution in [0.25, 0.3) is 0 Å². The topological polar surface area (TPSA) is 86.8 Å². The van der Waals surface area contributed by atoms with E-state index >= 15 is 0 Å². The van der Waals surface area contributed by atoms with E-state index in [0.717, 1.165) is 35.4 Å². The summed E-state index contributed by atoms with van der Waals surface area (Å²) in [5.41, 5.74) is 1.93. The molecule has 0 spiro atoms. The summed E-state index contributed by atoms with van der Waals surface area (Å²) in [6.45, 7) is 2.07. The molecular formula is C30H36FN3O4S. The largest absolute Gasteiger partial charge is 0.354 e. The van der Waals surface area contributed by atoms with Crippen molar-refractivity contribution in [2.75, 3.05) is 19.3 Å². The maximum absolute atomic E-state index is 13.9. The van der Waals surface area contributed by atoms with Gasteiger partial charge in [-0.2, -0.15) is 4.31 Å². The van der Waals surface area contributed by atoms with Crippen molar-refractivity contribution >= 4 is 21.8 Å². The van der Waals surface area contributed by atoms with E-state index in [4.69, 9.17) is 0 Å². The number of rotatable bonds is 14. The molecule has 1 unspecified atom stereocenters. The van der Waals surface area contributed by atoms with Crippen molar-refractivity contribution in [3.63, 3.8) is 0 Å². The van der Waals surface area contributed by atoms with E-state index < -0.39 is 34.3 Å². The number of hydrogen-bond donors (Lipinski definition) is 1. The molecule has 2 amide bonds. The third-order valence-electron chi connectivity index (χ3n) is 6.32. The molecule has 0 heterocycles. The molecule has 3 rings (SSSR count). The summed E-state index contributed by atoms with van der Waals surface area (Å²) in [7, 11) is -3.77. The fourth-order valence-corrected chi connectivity index (χ4v) is 4.95. The quantitative estimate of drug-likeness (QED) is 0.294. The molecule has 208 valence electrons. The van der Waals surface area contributed by atoms with Crippen LogP contribution in [0.2, 0.25) is 0 Å². The molecule has 0 radical (unpaired) electrons. The minimum Gasteiger partial charge on any atom is -0.354 e. The molecule has 3 aromatic rings. The summed E-state index contributed by atoms with van der Waals surface area (Å²) < 4.78 is 40.1. The number of carbonyl (C=O) groups excluding carboxylic acids is 2. The molecule has 3 aromatic carbocycles. The Morgan fingerprint density at radius 3 is 2.03 bits per heavy atom. The Balaban J connectivity index is 1.98. The van der Waals surface area contributed by atoms with E-state index in [0.29, 0.717) is 17.7 Å². The van der Waals surface area contributed by atoms with Crippen molar-refractivity contribution in [3.05, 3.63) is 107 Å². The monoisotopic (exact) mass is 553 g/mol. The number of sulfonamides is 1. The van der Waals surface area contributed by atoms with Gasteiger partial charge in [-0.15, -0.1) is 0 Å². The number of nitrogens with one attached hydrogen (secondary N) is 1. The van der Waals surface area contributed by atoms with Gasteiger partial charge in [-0.3, -0.25) is 9.59 Å². The second-order valence-electron chi connectivity index (χ2n) is 9.48. The van der Waals surface area contributed by atoms with Gasteiger partial charge in [0.2, 0.25) is 21.8 Å². The Morgan fingerprint density at radius 1 is 0.846 bits per heavy atom. The van der Waals surface area contributed by atoms with Crippen LogP contribution in [0.1, 0.15) is 48.9 Å². The number of carbonyl (C=O) groups is 2. The summed E-state index contributed by atoms with van der Waals surface area (Å²) in [5.74, 6) is -1.32. The third kappa shape index (κ3) is 9.30. The van der Waals surface area contributed by atoms with E-state index in [1.54, 1.807) is 60.7 Å². The van der Waals surface area contributed by atoms with Gasteiger partial charge in [0.15, 0.2) is 0 Å². The van der Waals surface area contributed by atoms with Gasteiger partial charge in [-0.1, -0.05) is 92.6 Å². The lowest BCUT2D eigenvalue weighted by atomic mass is 10.0. The lowest BCUT2D eigenvalue weighted by Crippen LogP contribution is -2.47. The second kappa shape index (κ2) is 14.6. The molecule has 0 aliphatic heterocycles. The molecule has 1 atom stereocenters. The Bertz CT molecular complexity index is 1300. The molecule has 0 bridgehead atoms. The molecule has 0 saturated heterocycles. The number of unbranched alkanes of at least 4 members (excludes halogenated alkanes) is 2. The van der Waals surface area contributed by atoms with E-state index in [1.807, 2.05) is 12.1 Å². The van der Waals surface area contributed by atoms with Crippen LogP contribution in [0.15, 0.2) is 84.9 Å². The maximum atomic E-state index is 13.9. The van der Waals surface area contributed by atoms with Gasteiger partial charge in [-0.25, -0.2) is 12.8 Å². The number of nitrogens with zero attached hydrogens (tertiary/aromatic N) is 2. The predicted octanol–water partition coefficient (Wildman–Crippen LogP) is 4.66. The molecule has 0 aromatic heterocycles. The van der Waals surface area contributed by atoms with E-state index in [-0.39, 0.29) is 19.0 Å². The lowest BCUT2D eigenvalue weighted by Gasteiger charge is -2.33. The van der Waals surface area contributed by atoms with Crippen LogP contribution in [-0.4, -0.2) is 48.8 Å². The first-order chi connectivity index (χ1) is 18.7. The van der Waals surface area contributed by atoms with E-state index in [2.05, 4.69) is 12.2 Å². The summed E-state index contributed by atoms with van der Waals surface area (Å²) in [6, 6.07) is 22.6. The first-order valence-electron chi connectivity index (χ1n) is 13.0. The van der Waals surface area contributed by atoms with Gasteiger partial charge < -0.3 is 10.2 Å². The molecule has 7 nitrogen and oxygen atoms in total. The highest BCUT2D eigenvalue weighted by atomic mass is 32.2. The van der Waals surface area contributed by atoms with Crippen LogP contribution >= 0.6 is 0 Å². The SMILES string of the molecule is CCCCCNC(=O)C(c1ccccc1)N(Cc1ccc(F)cc1)C(=O)CN(Cc1ccccc1)S(C)(=O)=O. The zero-order valence-corrected chi connectivity index (χ0v) is 23.2. The number of amides is 2. The Kier molecular flexibility index (Phi) is 11.2. The van der Waals surface area contributed by atoms with Crippen molar-refractivity contribution < 1.29 is 22.4 Å². The Hall–Kier alpha value is -3.56. The molecule has 0 aliphatic carbocycles. The molecular weight excluding hydrogens is 517 g/mol. The average Bonchev–Trinajstić information content (AvgIpc) is 2.92. The van der Waals surface area contributed by atoms with Crippen molar-refractivity contribution in [3.8, 4) is 0 Å². The summed E-state index contributed by atoms with van der Waals surface area (Å²) in [5, 5.41) is 2.95. The van der Waals surface area contributed by atoms with Crippen molar-refractivity contribution in [1.29, 1.82) is 0 Å². The molecule has 0 saturated carbocycles. The summed E-state index contributed by atoms with van der Waals surface area (Å²) >= 11 is 0. The van der Waals surface area contributed by atoms with Gasteiger partial charge >= 0.3 is 0 Å². The van der Waals surface area contributed by atoms with Crippen LogP contribution in [0.5, 0.6) is 0 Å².